The molecule has 8 nitrogen and oxygen atoms in total. The van der Waals surface area contributed by atoms with Gasteiger partial charge in [0.2, 0.25) is 5.91 Å². The highest BCUT2D eigenvalue weighted by Crippen LogP contribution is 2.38. The smallest absolute Gasteiger partial charge is 0.268 e. The summed E-state index contributed by atoms with van der Waals surface area (Å²) in [6, 6.07) is -0.875. The highest BCUT2D eigenvalue weighted by Gasteiger charge is 2.23. The fourth-order valence-corrected chi connectivity index (χ4v) is 5.58. The van der Waals surface area contributed by atoms with Crippen molar-refractivity contribution in [3.05, 3.63) is 12.2 Å². The summed E-state index contributed by atoms with van der Waals surface area (Å²) in [4.78, 5) is 24.7. The van der Waals surface area contributed by atoms with Crippen LogP contribution in [0.25, 0.3) is 0 Å². The van der Waals surface area contributed by atoms with E-state index < -0.39 is 20.0 Å². The van der Waals surface area contributed by atoms with Gasteiger partial charge in [-0.1, -0.05) is 135 Å². The second-order valence-electron chi connectivity index (χ2n) is 13.2. The molecule has 0 aliphatic rings. The number of amides is 1. The topological polar surface area (TPSA) is 108 Å². The average Bonchev–Trinajstić information content (AvgIpc) is 2.94. The Kier molecular flexibility index (Phi) is 27.1. The van der Waals surface area contributed by atoms with E-state index in [9.17, 15) is 19.4 Å². The van der Waals surface area contributed by atoms with E-state index in [1.54, 1.807) is 6.08 Å². The lowest BCUT2D eigenvalue weighted by Gasteiger charge is -2.29. The molecule has 0 aromatic carbocycles. The summed E-state index contributed by atoms with van der Waals surface area (Å²) < 4.78 is 22.9. The van der Waals surface area contributed by atoms with Gasteiger partial charge in [0, 0.05) is 6.42 Å². The Balaban J connectivity index is 4.34. The third-order valence-corrected chi connectivity index (χ3v) is 8.71. The second-order valence-corrected chi connectivity index (χ2v) is 14.6. The maximum atomic E-state index is 12.5. The van der Waals surface area contributed by atoms with E-state index in [1.807, 2.05) is 27.2 Å². The Morgan fingerprint density at radius 2 is 1.26 bits per heavy atom. The van der Waals surface area contributed by atoms with E-state index in [0.717, 1.165) is 44.9 Å². The van der Waals surface area contributed by atoms with Crippen molar-refractivity contribution in [3.8, 4) is 0 Å². The molecule has 256 valence electrons. The first-order valence-corrected chi connectivity index (χ1v) is 19.0. The Bertz CT molecular complexity index is 728. The fourth-order valence-electron chi connectivity index (χ4n) is 4.86. The highest BCUT2D eigenvalue weighted by molar-refractivity contribution is 7.45. The van der Waals surface area contributed by atoms with Crippen molar-refractivity contribution in [1.29, 1.82) is 0 Å². The zero-order chi connectivity index (χ0) is 32.2. The predicted molar refractivity (Wildman–Crippen MR) is 178 cm³/mol. The Labute approximate surface area is 265 Å². The quantitative estimate of drug-likeness (QED) is 0.0349. The first kappa shape index (κ1) is 42.2. The van der Waals surface area contributed by atoms with Crippen LogP contribution >= 0.6 is 7.82 Å². The summed E-state index contributed by atoms with van der Waals surface area (Å²) in [6.45, 7) is 4.50. The monoisotopic (exact) mass is 632 g/mol. The molecular formula is C34H69N2O6P. The second kappa shape index (κ2) is 27.5. The fraction of sp³-hybridized carbons (Fsp3) is 0.912. The number of aliphatic hydroxyl groups is 1. The van der Waals surface area contributed by atoms with Gasteiger partial charge in [0.05, 0.1) is 39.9 Å². The lowest BCUT2D eigenvalue weighted by Crippen LogP contribution is -2.45. The van der Waals surface area contributed by atoms with Crippen LogP contribution in [-0.4, -0.2) is 68.5 Å². The summed E-state index contributed by atoms with van der Waals surface area (Å²) in [7, 11) is 1.26. The van der Waals surface area contributed by atoms with E-state index in [-0.39, 0.29) is 19.1 Å². The minimum Gasteiger partial charge on any atom is -0.756 e. The highest BCUT2D eigenvalue weighted by atomic mass is 31.2. The third kappa shape index (κ3) is 29.7. The molecule has 3 unspecified atom stereocenters. The average molecular weight is 633 g/mol. The minimum atomic E-state index is -4.56. The molecule has 9 heteroatoms. The van der Waals surface area contributed by atoms with Gasteiger partial charge in [0.25, 0.3) is 7.82 Å². The largest absolute Gasteiger partial charge is 0.756 e. The number of nitrogens with one attached hydrogen (secondary N) is 1. The van der Waals surface area contributed by atoms with Crippen molar-refractivity contribution >= 4 is 13.7 Å². The summed E-state index contributed by atoms with van der Waals surface area (Å²) in [5, 5.41) is 13.5. The molecule has 43 heavy (non-hydrogen) atoms. The molecule has 0 aliphatic heterocycles. The molecule has 0 aromatic rings. The lowest BCUT2D eigenvalue weighted by molar-refractivity contribution is -0.870. The molecule has 0 aromatic heterocycles. The molecule has 3 atom stereocenters. The summed E-state index contributed by atoms with van der Waals surface area (Å²) in [5.41, 5.74) is 0. The molecule has 0 bridgehead atoms. The van der Waals surface area contributed by atoms with Crippen LogP contribution in [0.15, 0.2) is 12.2 Å². The third-order valence-electron chi connectivity index (χ3n) is 7.75. The van der Waals surface area contributed by atoms with Crippen LogP contribution in [0.1, 0.15) is 149 Å². The van der Waals surface area contributed by atoms with E-state index in [2.05, 4.69) is 19.2 Å². The van der Waals surface area contributed by atoms with Gasteiger partial charge in [-0.25, -0.2) is 0 Å². The van der Waals surface area contributed by atoms with Gasteiger partial charge in [-0.15, -0.1) is 0 Å². The number of aliphatic hydroxyl groups excluding tert-OH is 1. The number of allylic oxidation sites excluding steroid dienone is 1. The van der Waals surface area contributed by atoms with E-state index in [4.69, 9.17) is 9.05 Å². The van der Waals surface area contributed by atoms with Gasteiger partial charge in [-0.05, 0) is 19.3 Å². The number of nitrogens with zero attached hydrogens (tertiary/aromatic N) is 1. The summed E-state index contributed by atoms with van der Waals surface area (Å²) in [5.74, 6) is -0.216. The van der Waals surface area contributed by atoms with Crippen LogP contribution in [0.5, 0.6) is 0 Å². The predicted octanol–water partition coefficient (Wildman–Crippen LogP) is 7.83. The van der Waals surface area contributed by atoms with Crippen molar-refractivity contribution in [3.63, 3.8) is 0 Å². The van der Waals surface area contributed by atoms with Gasteiger partial charge in [0.15, 0.2) is 0 Å². The normalized spacial score (nSPS) is 15.0. The molecule has 0 rings (SSSR count). The first-order valence-electron chi connectivity index (χ1n) is 17.6. The molecule has 0 saturated carbocycles. The van der Waals surface area contributed by atoms with Crippen molar-refractivity contribution in [2.24, 2.45) is 0 Å². The molecule has 0 spiro atoms. The van der Waals surface area contributed by atoms with E-state index in [1.165, 1.54) is 83.5 Å². The number of rotatable bonds is 31. The lowest BCUT2D eigenvalue weighted by atomic mass is 10.0. The summed E-state index contributed by atoms with van der Waals surface area (Å²) >= 11 is 0. The van der Waals surface area contributed by atoms with Crippen LogP contribution < -0.4 is 10.2 Å². The zero-order valence-electron chi connectivity index (χ0n) is 28.7. The maximum Gasteiger partial charge on any atom is 0.268 e. The van der Waals surface area contributed by atoms with Crippen molar-refractivity contribution < 1.29 is 32.9 Å². The van der Waals surface area contributed by atoms with Crippen LogP contribution in [0.3, 0.4) is 0 Å². The van der Waals surface area contributed by atoms with Crippen molar-refractivity contribution in [1.82, 2.24) is 5.32 Å². The molecule has 0 radical (unpaired) electrons. The van der Waals surface area contributed by atoms with Gasteiger partial charge >= 0.3 is 0 Å². The molecule has 0 aliphatic carbocycles. The van der Waals surface area contributed by atoms with Gasteiger partial charge in [0.1, 0.15) is 13.2 Å². The summed E-state index contributed by atoms with van der Waals surface area (Å²) in [6.07, 6.45) is 27.3. The van der Waals surface area contributed by atoms with Crippen molar-refractivity contribution in [2.75, 3.05) is 40.9 Å². The van der Waals surface area contributed by atoms with Gasteiger partial charge in [-0.2, -0.15) is 0 Å². The number of hydrogen-bond acceptors (Lipinski definition) is 6. The van der Waals surface area contributed by atoms with E-state index in [0.29, 0.717) is 17.4 Å². The first-order chi connectivity index (χ1) is 20.5. The number of carbonyl (C=O) groups excluding carboxylic acids is 1. The number of hydrogen-bond donors (Lipinski definition) is 2. The molecule has 0 fully saturated rings. The maximum absolute atomic E-state index is 12.5. The molecule has 0 saturated heterocycles. The SMILES string of the molecule is CCCCCCCCCCCCCCCCC/C=C/C(O)C(COP(=O)([O-])OCC[N+](C)(C)C)NC(=O)CCCCCC. The van der Waals surface area contributed by atoms with Crippen LogP contribution in [-0.2, 0) is 18.4 Å². The van der Waals surface area contributed by atoms with Crippen LogP contribution in [0.4, 0.5) is 0 Å². The van der Waals surface area contributed by atoms with Gasteiger partial charge < -0.3 is 28.8 Å². The number of unbranched alkanes of at least 4 members (excludes halogenated alkanes) is 18. The Morgan fingerprint density at radius 1 is 0.791 bits per heavy atom. The number of phosphoric acid groups is 1. The van der Waals surface area contributed by atoms with Crippen LogP contribution in [0, 0.1) is 0 Å². The molecule has 2 N–H and O–H groups in total. The zero-order valence-corrected chi connectivity index (χ0v) is 29.6. The van der Waals surface area contributed by atoms with Crippen molar-refractivity contribution in [2.45, 2.75) is 161 Å². The minimum absolute atomic E-state index is 0.000439. The Morgan fingerprint density at radius 3 is 1.74 bits per heavy atom. The molecular weight excluding hydrogens is 563 g/mol. The molecule has 1 amide bonds. The van der Waals surface area contributed by atoms with E-state index >= 15 is 0 Å². The Hall–Kier alpha value is -0.760. The number of phosphoric ester groups is 1. The van der Waals surface area contributed by atoms with Gasteiger partial charge in [-0.3, -0.25) is 9.36 Å². The number of carbonyl (C=O) groups is 1. The molecule has 0 heterocycles. The number of likely N-dealkylation sites (N-methyl/N-ethyl adjacent to an activating group) is 1. The standard InChI is InChI=1S/C34H69N2O6P/c1-6-8-10-12-13-14-15-16-17-18-19-20-21-22-23-24-25-27-33(37)32(35-34(38)28-26-11-9-7-2)31-42-43(39,40)41-30-29-36(3,4)5/h25,27,32-33,37H,6-24,26,28-31H2,1-5H3,(H-,35,38,39,40)/b27-25+. The number of quaternary nitrogens is 1. The van der Waals surface area contributed by atoms with Crippen LogP contribution in [0.2, 0.25) is 0 Å².